The number of hydrogen-bond acceptors (Lipinski definition) is 8. The molecule has 0 saturated carbocycles. The lowest BCUT2D eigenvalue weighted by molar-refractivity contribution is 0.294. The summed E-state index contributed by atoms with van der Waals surface area (Å²) in [6, 6.07) is 8.13. The average molecular weight is 551 g/mol. The lowest BCUT2D eigenvalue weighted by Gasteiger charge is -2.35. The van der Waals surface area contributed by atoms with Crippen molar-refractivity contribution in [2.75, 3.05) is 38.3 Å². The summed E-state index contributed by atoms with van der Waals surface area (Å²) in [4.78, 5) is 19.7. The highest BCUT2D eigenvalue weighted by Crippen LogP contribution is 2.41. The molecule has 8 nitrogen and oxygen atoms in total. The van der Waals surface area contributed by atoms with Crippen molar-refractivity contribution >= 4 is 16.7 Å². The van der Waals surface area contributed by atoms with Gasteiger partial charge in [0.25, 0.3) is 0 Å². The second-order valence-electron chi connectivity index (χ2n) is 9.64. The van der Waals surface area contributed by atoms with E-state index in [1.54, 1.807) is 31.5 Å². The first-order valence-corrected chi connectivity index (χ1v) is 13.6. The summed E-state index contributed by atoms with van der Waals surface area (Å²) >= 11 is 0. The maximum Gasteiger partial charge on any atom is 0.319 e. The van der Waals surface area contributed by atoms with E-state index in [4.69, 9.17) is 14.5 Å². The number of rotatable bonds is 7. The van der Waals surface area contributed by atoms with Crippen LogP contribution < -0.4 is 19.7 Å². The Kier molecular flexibility index (Phi) is 9.76. The fraction of sp³-hybridized carbons (Fsp3) is 0.400. The molecule has 0 aliphatic carbocycles. The van der Waals surface area contributed by atoms with Crippen LogP contribution in [-0.2, 0) is 6.42 Å². The summed E-state index contributed by atoms with van der Waals surface area (Å²) in [5.41, 5.74) is 0.772. The van der Waals surface area contributed by atoms with E-state index in [9.17, 15) is 4.39 Å². The van der Waals surface area contributed by atoms with E-state index in [1.807, 2.05) is 6.07 Å². The van der Waals surface area contributed by atoms with Crippen LogP contribution in [0.25, 0.3) is 22.0 Å². The first kappa shape index (κ1) is 29.1. The number of fused-ring (bicyclic) bond motifs is 1. The summed E-state index contributed by atoms with van der Waals surface area (Å²) in [6.07, 6.45) is 5.01. The van der Waals surface area contributed by atoms with Crippen LogP contribution in [-0.4, -0.2) is 59.3 Å². The van der Waals surface area contributed by atoms with Crippen molar-refractivity contribution in [1.82, 2.24) is 25.3 Å². The van der Waals surface area contributed by atoms with Crippen LogP contribution >= 0.6 is 0 Å². The number of halogens is 2. The lowest BCUT2D eigenvalue weighted by Crippen LogP contribution is -2.50. The van der Waals surface area contributed by atoms with Gasteiger partial charge in [0, 0.05) is 55.4 Å². The van der Waals surface area contributed by atoms with Crippen molar-refractivity contribution in [3.63, 3.8) is 0 Å². The molecule has 40 heavy (non-hydrogen) atoms. The summed E-state index contributed by atoms with van der Waals surface area (Å²) in [5.74, 6) is 0.214. The third kappa shape index (κ3) is 6.28. The summed E-state index contributed by atoms with van der Waals surface area (Å²) in [6.45, 7) is 10.5. The first-order valence-electron chi connectivity index (χ1n) is 13.6. The number of aromatic nitrogens is 4. The van der Waals surface area contributed by atoms with Gasteiger partial charge in [-0.05, 0) is 43.7 Å². The fourth-order valence-electron chi connectivity index (χ4n) is 4.67. The number of benzene rings is 2. The van der Waals surface area contributed by atoms with Crippen LogP contribution in [0.15, 0.2) is 42.7 Å². The van der Waals surface area contributed by atoms with E-state index in [2.05, 4.69) is 45.9 Å². The Morgan fingerprint density at radius 3 is 2.52 bits per heavy atom. The Bertz CT molecular complexity index is 1440. The van der Waals surface area contributed by atoms with Crippen LogP contribution in [0, 0.1) is 18.6 Å². The monoisotopic (exact) mass is 550 g/mol. The van der Waals surface area contributed by atoms with E-state index in [-0.39, 0.29) is 41.1 Å². The molecule has 3 heterocycles. The van der Waals surface area contributed by atoms with Gasteiger partial charge in [-0.15, -0.1) is 0 Å². The molecule has 212 valence electrons. The molecule has 1 atom stereocenters. The summed E-state index contributed by atoms with van der Waals surface area (Å²) in [7, 11) is 1.43. The first-order chi connectivity index (χ1) is 19.4. The largest absolute Gasteiger partial charge is 0.496 e. The van der Waals surface area contributed by atoms with E-state index in [0.717, 1.165) is 13.1 Å². The zero-order valence-electron chi connectivity index (χ0n) is 23.7. The molecule has 2 aromatic carbocycles. The Labute approximate surface area is 233 Å². The van der Waals surface area contributed by atoms with Crippen molar-refractivity contribution in [2.45, 2.75) is 46.6 Å². The summed E-state index contributed by atoms with van der Waals surface area (Å²) in [5, 5.41) is 3.90. The molecule has 0 bridgehead atoms. The SMILES string of the molecule is CCC.COc1cccc(F)c1-c1c(C)cc2c(N3CCNCC3C)nc(OCCc3ncccn3)nc2c1F. The van der Waals surface area contributed by atoms with E-state index < -0.39 is 11.6 Å². The predicted octanol–water partition coefficient (Wildman–Crippen LogP) is 5.52. The molecule has 0 spiro atoms. The highest BCUT2D eigenvalue weighted by Gasteiger charge is 2.27. The molecule has 1 aliphatic rings. The molecule has 0 radical (unpaired) electrons. The number of nitrogens with zero attached hydrogens (tertiary/aromatic N) is 5. The van der Waals surface area contributed by atoms with E-state index in [1.165, 1.54) is 25.7 Å². The Hall–Kier alpha value is -3.92. The number of hydrogen-bond donors (Lipinski definition) is 1. The van der Waals surface area contributed by atoms with Crippen LogP contribution in [0.2, 0.25) is 0 Å². The standard InChI is InChI=1S/C27H28F2N6O2.C3H8/c1-16-14-18-25(24(29)22(16)23-19(28)6-4-7-20(23)36-3)33-27(37-13-8-21-31-9-5-10-32-21)34-26(18)35-12-11-30-15-17(35)2;1-3-2/h4-7,9-10,14,17,30H,8,11-13,15H2,1-3H3;3H2,1-2H3. The van der Waals surface area contributed by atoms with Crippen molar-refractivity contribution < 1.29 is 18.3 Å². The van der Waals surface area contributed by atoms with Crippen LogP contribution in [0.1, 0.15) is 38.6 Å². The third-order valence-corrected chi connectivity index (χ3v) is 6.48. The maximum absolute atomic E-state index is 16.3. The van der Waals surface area contributed by atoms with Crippen molar-refractivity contribution in [3.8, 4) is 22.9 Å². The van der Waals surface area contributed by atoms with Gasteiger partial charge in [-0.2, -0.15) is 9.97 Å². The zero-order chi connectivity index (χ0) is 28.6. The lowest BCUT2D eigenvalue weighted by atomic mass is 9.96. The maximum atomic E-state index is 16.3. The van der Waals surface area contributed by atoms with E-state index in [0.29, 0.717) is 35.6 Å². The van der Waals surface area contributed by atoms with Gasteiger partial charge in [0.2, 0.25) is 0 Å². The van der Waals surface area contributed by atoms with Gasteiger partial charge in [-0.1, -0.05) is 26.3 Å². The molecular weight excluding hydrogens is 514 g/mol. The van der Waals surface area contributed by atoms with Gasteiger partial charge in [-0.25, -0.2) is 18.7 Å². The van der Waals surface area contributed by atoms with Crippen LogP contribution in [0.5, 0.6) is 11.8 Å². The molecule has 2 aromatic heterocycles. The number of piperazine rings is 1. The van der Waals surface area contributed by atoms with Gasteiger partial charge < -0.3 is 19.7 Å². The summed E-state index contributed by atoms with van der Waals surface area (Å²) < 4.78 is 42.5. The molecule has 0 amide bonds. The Morgan fingerprint density at radius 1 is 1.07 bits per heavy atom. The smallest absolute Gasteiger partial charge is 0.319 e. The van der Waals surface area contributed by atoms with Gasteiger partial charge in [0.15, 0.2) is 5.82 Å². The molecular formula is C30H36F2N6O2. The third-order valence-electron chi connectivity index (χ3n) is 6.48. The molecule has 10 heteroatoms. The number of aryl methyl sites for hydroxylation is 1. The second-order valence-corrected chi connectivity index (χ2v) is 9.64. The van der Waals surface area contributed by atoms with Crippen molar-refractivity contribution in [2.24, 2.45) is 0 Å². The van der Waals surface area contributed by atoms with Crippen molar-refractivity contribution in [3.05, 3.63) is 65.7 Å². The van der Waals surface area contributed by atoms with Gasteiger partial charge in [-0.3, -0.25) is 0 Å². The van der Waals surface area contributed by atoms with Gasteiger partial charge in [0.05, 0.1) is 19.3 Å². The van der Waals surface area contributed by atoms with Crippen molar-refractivity contribution in [1.29, 1.82) is 0 Å². The molecule has 1 saturated heterocycles. The molecule has 1 aliphatic heterocycles. The number of anilines is 1. The molecule has 5 rings (SSSR count). The number of nitrogens with one attached hydrogen (secondary N) is 1. The quantitative estimate of drug-likeness (QED) is 0.322. The Morgan fingerprint density at radius 2 is 1.82 bits per heavy atom. The second kappa shape index (κ2) is 13.4. The Balaban J connectivity index is 0.00000118. The minimum atomic E-state index is -0.652. The predicted molar refractivity (Wildman–Crippen MR) is 153 cm³/mol. The zero-order valence-corrected chi connectivity index (χ0v) is 23.7. The molecule has 1 unspecified atom stereocenters. The fourth-order valence-corrected chi connectivity index (χ4v) is 4.67. The van der Waals surface area contributed by atoms with Gasteiger partial charge in [0.1, 0.15) is 28.7 Å². The number of ether oxygens (including phenoxy) is 2. The normalized spacial score (nSPS) is 15.0. The van der Waals surface area contributed by atoms with Gasteiger partial charge >= 0.3 is 6.01 Å². The minimum Gasteiger partial charge on any atom is -0.496 e. The topological polar surface area (TPSA) is 85.3 Å². The molecule has 4 aromatic rings. The minimum absolute atomic E-state index is 0.0402. The van der Waals surface area contributed by atoms with Crippen LogP contribution in [0.4, 0.5) is 14.6 Å². The highest BCUT2D eigenvalue weighted by atomic mass is 19.1. The van der Waals surface area contributed by atoms with Crippen LogP contribution in [0.3, 0.4) is 0 Å². The highest BCUT2D eigenvalue weighted by molar-refractivity contribution is 5.95. The number of methoxy groups -OCH3 is 1. The molecule has 1 fully saturated rings. The van der Waals surface area contributed by atoms with E-state index >= 15 is 4.39 Å². The average Bonchev–Trinajstić information content (AvgIpc) is 2.95. The molecule has 1 N–H and O–H groups in total.